The molecule has 1 aliphatic rings. The maximum absolute atomic E-state index is 6.58. The molecule has 2 aromatic rings. The van der Waals surface area contributed by atoms with Crippen molar-refractivity contribution in [1.29, 1.82) is 0 Å². The summed E-state index contributed by atoms with van der Waals surface area (Å²) in [5, 5.41) is 0.859. The van der Waals surface area contributed by atoms with E-state index < -0.39 is 0 Å². The van der Waals surface area contributed by atoms with E-state index in [1.54, 1.807) is 4.88 Å². The van der Waals surface area contributed by atoms with Crippen LogP contribution in [0.25, 0.3) is 0 Å². The van der Waals surface area contributed by atoms with Crippen LogP contribution < -0.4 is 0 Å². The molecule has 1 aromatic carbocycles. The van der Waals surface area contributed by atoms with Gasteiger partial charge in [-0.2, -0.15) is 0 Å². The fourth-order valence-electron chi connectivity index (χ4n) is 2.60. The minimum atomic E-state index is 0.0803. The topological polar surface area (TPSA) is 0 Å². The van der Waals surface area contributed by atoms with Crippen LogP contribution in [-0.2, 0) is 19.3 Å². The van der Waals surface area contributed by atoms with E-state index in [4.69, 9.17) is 23.2 Å². The molecule has 0 amide bonds. The van der Waals surface area contributed by atoms with E-state index in [0.717, 1.165) is 11.4 Å². The Kier molecular flexibility index (Phi) is 4.16. The van der Waals surface area contributed by atoms with Gasteiger partial charge in [0.2, 0.25) is 0 Å². The molecular weight excluding hydrogens is 295 g/mol. The maximum atomic E-state index is 6.58. The Morgan fingerprint density at radius 2 is 1.84 bits per heavy atom. The molecule has 0 saturated heterocycles. The minimum Gasteiger partial charge on any atom is -0.144 e. The van der Waals surface area contributed by atoms with Crippen LogP contribution in [0.4, 0.5) is 0 Å². The summed E-state index contributed by atoms with van der Waals surface area (Å²) in [5.74, 6) is 0. The molecule has 1 aliphatic carbocycles. The summed E-state index contributed by atoms with van der Waals surface area (Å²) in [6.45, 7) is 0. The van der Waals surface area contributed by atoms with E-state index in [1.807, 2.05) is 23.5 Å². The SMILES string of the molecule is Clc1ccc(CC(Cl)c2cc3c(s2)CCCC3)cc1. The molecule has 1 aromatic heterocycles. The molecule has 0 spiro atoms. The lowest BCUT2D eigenvalue weighted by Gasteiger charge is -2.08. The first-order valence-corrected chi connectivity index (χ1v) is 8.35. The molecule has 0 saturated carbocycles. The zero-order valence-electron chi connectivity index (χ0n) is 10.7. The lowest BCUT2D eigenvalue weighted by Crippen LogP contribution is -1.96. The van der Waals surface area contributed by atoms with Gasteiger partial charge >= 0.3 is 0 Å². The van der Waals surface area contributed by atoms with E-state index in [9.17, 15) is 0 Å². The first-order valence-electron chi connectivity index (χ1n) is 6.72. The molecule has 0 fully saturated rings. The highest BCUT2D eigenvalue weighted by atomic mass is 35.5. The predicted molar refractivity (Wildman–Crippen MR) is 84.7 cm³/mol. The lowest BCUT2D eigenvalue weighted by atomic mass is 9.99. The molecule has 100 valence electrons. The Balaban J connectivity index is 1.74. The van der Waals surface area contributed by atoms with Gasteiger partial charge in [0.1, 0.15) is 0 Å². The van der Waals surface area contributed by atoms with Gasteiger partial charge in [0.15, 0.2) is 0 Å². The van der Waals surface area contributed by atoms with Gasteiger partial charge in [-0.25, -0.2) is 0 Å². The molecule has 0 radical (unpaired) electrons. The highest BCUT2D eigenvalue weighted by Gasteiger charge is 2.18. The van der Waals surface area contributed by atoms with Crippen molar-refractivity contribution in [2.75, 3.05) is 0 Å². The Morgan fingerprint density at radius 3 is 2.58 bits per heavy atom. The van der Waals surface area contributed by atoms with Gasteiger partial charge in [0.25, 0.3) is 0 Å². The van der Waals surface area contributed by atoms with Crippen molar-refractivity contribution >= 4 is 34.5 Å². The number of alkyl halides is 1. The Morgan fingerprint density at radius 1 is 1.11 bits per heavy atom. The second kappa shape index (κ2) is 5.87. The molecule has 1 heterocycles. The van der Waals surface area contributed by atoms with Gasteiger partial charge < -0.3 is 0 Å². The van der Waals surface area contributed by atoms with Crippen LogP contribution in [0.3, 0.4) is 0 Å². The summed E-state index contributed by atoms with van der Waals surface area (Å²) >= 11 is 14.4. The molecule has 1 atom stereocenters. The van der Waals surface area contributed by atoms with Gasteiger partial charge in [0.05, 0.1) is 5.38 Å². The van der Waals surface area contributed by atoms with Gasteiger partial charge in [-0.05, 0) is 61.4 Å². The smallest absolute Gasteiger partial charge is 0.0719 e. The van der Waals surface area contributed by atoms with Crippen molar-refractivity contribution in [3.8, 4) is 0 Å². The van der Waals surface area contributed by atoms with E-state index in [2.05, 4.69) is 18.2 Å². The van der Waals surface area contributed by atoms with Crippen molar-refractivity contribution in [3.63, 3.8) is 0 Å². The second-order valence-electron chi connectivity index (χ2n) is 5.10. The normalized spacial score (nSPS) is 16.1. The standard InChI is InChI=1S/C16H16Cl2S/c17-13-7-5-11(6-8-13)9-14(18)16-10-12-3-1-2-4-15(12)19-16/h5-8,10,14H,1-4,9H2. The van der Waals surface area contributed by atoms with Crippen molar-refractivity contribution in [2.45, 2.75) is 37.5 Å². The maximum Gasteiger partial charge on any atom is 0.0719 e. The summed E-state index contributed by atoms with van der Waals surface area (Å²) in [6.07, 6.45) is 6.00. The molecule has 3 rings (SSSR count). The highest BCUT2D eigenvalue weighted by Crippen LogP contribution is 2.36. The number of hydrogen-bond acceptors (Lipinski definition) is 1. The zero-order valence-corrected chi connectivity index (χ0v) is 13.0. The van der Waals surface area contributed by atoms with Crippen LogP contribution in [0.1, 0.15) is 39.1 Å². The van der Waals surface area contributed by atoms with Crippen molar-refractivity contribution in [1.82, 2.24) is 0 Å². The molecule has 0 nitrogen and oxygen atoms in total. The van der Waals surface area contributed by atoms with Crippen molar-refractivity contribution < 1.29 is 0 Å². The number of hydrogen-bond donors (Lipinski definition) is 0. The van der Waals surface area contributed by atoms with Crippen LogP contribution in [0.2, 0.25) is 5.02 Å². The number of thiophene rings is 1. The Bertz CT molecular complexity index is 533. The Labute approximate surface area is 128 Å². The predicted octanol–water partition coefficient (Wildman–Crippen LogP) is 5.80. The molecule has 0 bridgehead atoms. The number of benzene rings is 1. The first-order chi connectivity index (χ1) is 9.22. The first kappa shape index (κ1) is 13.5. The second-order valence-corrected chi connectivity index (χ2v) is 7.23. The monoisotopic (exact) mass is 310 g/mol. The third kappa shape index (κ3) is 3.16. The van der Waals surface area contributed by atoms with Gasteiger partial charge in [0, 0.05) is 14.8 Å². The third-order valence-corrected chi connectivity index (χ3v) is 5.77. The quantitative estimate of drug-likeness (QED) is 0.628. The van der Waals surface area contributed by atoms with Crippen LogP contribution >= 0.6 is 34.5 Å². The largest absolute Gasteiger partial charge is 0.144 e. The highest BCUT2D eigenvalue weighted by molar-refractivity contribution is 7.12. The molecular formula is C16H16Cl2S. The fourth-order valence-corrected chi connectivity index (χ4v) is 4.33. The minimum absolute atomic E-state index is 0.0803. The molecule has 0 aliphatic heterocycles. The number of fused-ring (bicyclic) bond motifs is 1. The van der Waals surface area contributed by atoms with Gasteiger partial charge in [-0.3, -0.25) is 0 Å². The number of halogens is 2. The summed E-state index contributed by atoms with van der Waals surface area (Å²) in [6, 6.07) is 10.3. The summed E-state index contributed by atoms with van der Waals surface area (Å²) < 4.78 is 0. The van der Waals surface area contributed by atoms with E-state index in [0.29, 0.717) is 0 Å². The summed E-state index contributed by atoms with van der Waals surface area (Å²) in [7, 11) is 0. The van der Waals surface area contributed by atoms with Crippen molar-refractivity contribution in [2.24, 2.45) is 0 Å². The van der Waals surface area contributed by atoms with Gasteiger partial charge in [-0.1, -0.05) is 23.7 Å². The average molecular weight is 311 g/mol. The molecule has 3 heteroatoms. The molecule has 19 heavy (non-hydrogen) atoms. The Hall–Kier alpha value is -0.500. The summed E-state index contributed by atoms with van der Waals surface area (Å²) in [5.41, 5.74) is 2.78. The van der Waals surface area contributed by atoms with E-state index >= 15 is 0 Å². The van der Waals surface area contributed by atoms with Gasteiger partial charge in [-0.15, -0.1) is 22.9 Å². The lowest BCUT2D eigenvalue weighted by molar-refractivity contribution is 0.697. The average Bonchev–Trinajstić information content (AvgIpc) is 2.85. The van der Waals surface area contributed by atoms with E-state index in [1.165, 1.54) is 41.7 Å². The van der Waals surface area contributed by atoms with Crippen LogP contribution in [-0.4, -0.2) is 0 Å². The molecule has 1 unspecified atom stereocenters. The fraction of sp³-hybridized carbons (Fsp3) is 0.375. The van der Waals surface area contributed by atoms with E-state index in [-0.39, 0.29) is 5.38 Å². The zero-order chi connectivity index (χ0) is 13.2. The number of rotatable bonds is 3. The third-order valence-electron chi connectivity index (χ3n) is 3.65. The van der Waals surface area contributed by atoms with Crippen LogP contribution in [0, 0.1) is 0 Å². The van der Waals surface area contributed by atoms with Crippen molar-refractivity contribution in [3.05, 3.63) is 56.2 Å². The van der Waals surface area contributed by atoms with Crippen LogP contribution in [0.5, 0.6) is 0 Å². The summed E-state index contributed by atoms with van der Waals surface area (Å²) in [4.78, 5) is 2.88. The van der Waals surface area contributed by atoms with Crippen LogP contribution in [0.15, 0.2) is 30.3 Å². The molecule has 0 N–H and O–H groups in total. The number of aryl methyl sites for hydroxylation is 2.